The molecule has 4 nitrogen and oxygen atoms in total. The van der Waals surface area contributed by atoms with E-state index in [1.165, 1.54) is 0 Å². The fraction of sp³-hybridized carbons (Fsp3) is 0.600. The number of Topliss-reactive ketones (excluding diaryl/α,β-unsaturated/α-hetero) is 1. The average molecular weight is 131 g/mol. The van der Waals surface area contributed by atoms with Crippen molar-refractivity contribution >= 4 is 11.8 Å². The van der Waals surface area contributed by atoms with E-state index >= 15 is 0 Å². The van der Waals surface area contributed by atoms with Crippen molar-refractivity contribution < 1.29 is 19.8 Å². The first-order valence-corrected chi connectivity index (χ1v) is 2.34. The lowest BCUT2D eigenvalue weighted by Gasteiger charge is -2.19. The predicted molar refractivity (Wildman–Crippen MR) is 26.3 cm³/mol. The van der Waals surface area contributed by atoms with Crippen LogP contribution in [0.1, 0.15) is 13.8 Å². The third kappa shape index (κ3) is 1.50. The number of rotatable bonds is 2. The molecule has 0 aromatic rings. The maximum atomic E-state index is 10.2. The van der Waals surface area contributed by atoms with Gasteiger partial charge in [-0.3, -0.25) is 4.79 Å². The Morgan fingerprint density at radius 2 is 1.89 bits per heavy atom. The summed E-state index contributed by atoms with van der Waals surface area (Å²) in [5, 5.41) is 18.5. The number of carbonyl (C=O) groups is 2. The van der Waals surface area contributed by atoms with Gasteiger partial charge in [0.1, 0.15) is 0 Å². The van der Waals surface area contributed by atoms with Gasteiger partial charge in [-0.05, 0) is 13.8 Å². The molecule has 0 aliphatic heterocycles. The molecule has 0 aliphatic carbocycles. The predicted octanol–water partition coefficient (Wildman–Crippen LogP) is -1.92. The van der Waals surface area contributed by atoms with Crippen molar-refractivity contribution in [3.63, 3.8) is 0 Å². The third-order valence-corrected chi connectivity index (χ3v) is 1.08. The maximum absolute atomic E-state index is 10.2. The number of hydrogen-bond donors (Lipinski definition) is 1. The Hall–Kier alpha value is -0.900. The molecule has 0 aromatic heterocycles. The van der Waals surface area contributed by atoms with Crippen LogP contribution in [0.15, 0.2) is 0 Å². The summed E-state index contributed by atoms with van der Waals surface area (Å²) in [5.41, 5.74) is -2.33. The van der Waals surface area contributed by atoms with Crippen LogP contribution in [-0.2, 0) is 9.59 Å². The summed E-state index contributed by atoms with van der Waals surface area (Å²) in [4.78, 5) is 20.1. The fourth-order valence-electron chi connectivity index (χ4n) is 0.144. The second kappa shape index (κ2) is 2.14. The number of carboxylic acid groups (broad SMARTS) is 1. The van der Waals surface area contributed by atoms with Gasteiger partial charge in [-0.2, -0.15) is 0 Å². The molecular formula is C5H7O4-. The molecule has 1 N–H and O–H groups in total. The lowest BCUT2D eigenvalue weighted by atomic mass is 10.0. The monoisotopic (exact) mass is 131 g/mol. The summed E-state index contributed by atoms with van der Waals surface area (Å²) >= 11 is 0. The molecule has 0 unspecified atom stereocenters. The highest BCUT2D eigenvalue weighted by Gasteiger charge is 2.27. The number of carbonyl (C=O) groups excluding carboxylic acids is 2. The van der Waals surface area contributed by atoms with E-state index in [9.17, 15) is 14.7 Å². The van der Waals surface area contributed by atoms with E-state index in [1.807, 2.05) is 0 Å². The number of aliphatic hydroxyl groups is 1. The van der Waals surface area contributed by atoms with Gasteiger partial charge < -0.3 is 15.0 Å². The van der Waals surface area contributed by atoms with Gasteiger partial charge >= 0.3 is 0 Å². The molecule has 4 heteroatoms. The SMILES string of the molecule is CC(=O)[C@@](C)(O)C(=O)[O-]. The van der Waals surface area contributed by atoms with Crippen LogP contribution in [0.2, 0.25) is 0 Å². The van der Waals surface area contributed by atoms with Crippen molar-refractivity contribution in [2.75, 3.05) is 0 Å². The zero-order chi connectivity index (χ0) is 7.65. The fourth-order valence-corrected chi connectivity index (χ4v) is 0.144. The summed E-state index contributed by atoms with van der Waals surface area (Å²) in [5.74, 6) is -2.60. The molecule has 0 heterocycles. The quantitative estimate of drug-likeness (QED) is 0.443. The van der Waals surface area contributed by atoms with Gasteiger partial charge in [-0.25, -0.2) is 0 Å². The minimum atomic E-state index is -2.33. The Morgan fingerprint density at radius 3 is 1.89 bits per heavy atom. The van der Waals surface area contributed by atoms with Gasteiger partial charge in [0.25, 0.3) is 0 Å². The molecule has 1 atom stereocenters. The normalized spacial score (nSPS) is 16.3. The van der Waals surface area contributed by atoms with Gasteiger partial charge in [0.2, 0.25) is 0 Å². The van der Waals surface area contributed by atoms with E-state index < -0.39 is 17.4 Å². The van der Waals surface area contributed by atoms with Gasteiger partial charge in [0, 0.05) is 0 Å². The molecular weight excluding hydrogens is 124 g/mol. The second-order valence-corrected chi connectivity index (χ2v) is 1.92. The van der Waals surface area contributed by atoms with E-state index in [2.05, 4.69) is 0 Å². The van der Waals surface area contributed by atoms with Crippen molar-refractivity contribution in [1.29, 1.82) is 0 Å². The van der Waals surface area contributed by atoms with Crippen LogP contribution in [0.4, 0.5) is 0 Å². The van der Waals surface area contributed by atoms with E-state index in [4.69, 9.17) is 5.11 Å². The Bertz CT molecular complexity index is 131. The van der Waals surface area contributed by atoms with Crippen LogP contribution in [0.3, 0.4) is 0 Å². The van der Waals surface area contributed by atoms with Crippen LogP contribution in [0, 0.1) is 0 Å². The summed E-state index contributed by atoms with van der Waals surface area (Å²) in [6, 6.07) is 0. The Kier molecular flexibility index (Phi) is 1.93. The van der Waals surface area contributed by atoms with E-state index in [-0.39, 0.29) is 0 Å². The highest BCUT2D eigenvalue weighted by Crippen LogP contribution is 2.01. The van der Waals surface area contributed by atoms with Gasteiger partial charge in [0.15, 0.2) is 11.4 Å². The Morgan fingerprint density at radius 1 is 1.56 bits per heavy atom. The lowest BCUT2D eigenvalue weighted by Crippen LogP contribution is -2.50. The van der Waals surface area contributed by atoms with Crippen molar-refractivity contribution in [3.8, 4) is 0 Å². The first kappa shape index (κ1) is 8.10. The minimum Gasteiger partial charge on any atom is -0.547 e. The number of ketones is 1. The van der Waals surface area contributed by atoms with Crippen molar-refractivity contribution in [3.05, 3.63) is 0 Å². The van der Waals surface area contributed by atoms with Gasteiger partial charge in [0.05, 0.1) is 5.97 Å². The van der Waals surface area contributed by atoms with E-state index in [0.29, 0.717) is 0 Å². The molecule has 9 heavy (non-hydrogen) atoms. The van der Waals surface area contributed by atoms with Crippen LogP contribution in [0.25, 0.3) is 0 Å². The van der Waals surface area contributed by atoms with Crippen LogP contribution < -0.4 is 5.11 Å². The van der Waals surface area contributed by atoms with E-state index in [0.717, 1.165) is 13.8 Å². The highest BCUT2D eigenvalue weighted by molar-refractivity contribution is 6.03. The molecule has 0 rings (SSSR count). The van der Waals surface area contributed by atoms with Crippen LogP contribution in [-0.4, -0.2) is 22.5 Å². The van der Waals surface area contributed by atoms with Crippen molar-refractivity contribution in [1.82, 2.24) is 0 Å². The molecule has 0 aliphatic rings. The highest BCUT2D eigenvalue weighted by atomic mass is 16.4. The summed E-state index contributed by atoms with van der Waals surface area (Å²) in [7, 11) is 0. The molecule has 0 bridgehead atoms. The van der Waals surface area contributed by atoms with Gasteiger partial charge in [-0.1, -0.05) is 0 Å². The zero-order valence-corrected chi connectivity index (χ0v) is 5.17. The minimum absolute atomic E-state index is 0.831. The van der Waals surface area contributed by atoms with E-state index in [1.54, 1.807) is 0 Å². The van der Waals surface area contributed by atoms with Gasteiger partial charge in [-0.15, -0.1) is 0 Å². The lowest BCUT2D eigenvalue weighted by molar-refractivity contribution is -0.320. The molecule has 0 aromatic carbocycles. The first-order valence-electron chi connectivity index (χ1n) is 2.34. The molecule has 0 amide bonds. The summed E-state index contributed by atoms with van der Waals surface area (Å²) in [6.07, 6.45) is 0. The number of hydrogen-bond acceptors (Lipinski definition) is 4. The Labute approximate surface area is 52.1 Å². The first-order chi connectivity index (χ1) is 3.89. The molecule has 52 valence electrons. The molecule has 0 fully saturated rings. The third-order valence-electron chi connectivity index (χ3n) is 1.08. The number of carboxylic acids is 1. The van der Waals surface area contributed by atoms with Crippen LogP contribution >= 0.6 is 0 Å². The van der Waals surface area contributed by atoms with Crippen molar-refractivity contribution in [2.24, 2.45) is 0 Å². The maximum Gasteiger partial charge on any atom is 0.166 e. The standard InChI is InChI=1S/C5H8O4/c1-3(6)5(2,9)4(7)8/h9H,1-2H3,(H,7,8)/p-1/t5-/m1/s1. The largest absolute Gasteiger partial charge is 0.547 e. The smallest absolute Gasteiger partial charge is 0.166 e. The van der Waals surface area contributed by atoms with Crippen LogP contribution in [0.5, 0.6) is 0 Å². The molecule has 0 saturated carbocycles. The molecule has 0 saturated heterocycles. The number of aliphatic carboxylic acids is 1. The Balaban J connectivity index is 4.38. The zero-order valence-electron chi connectivity index (χ0n) is 5.17. The summed E-state index contributed by atoms with van der Waals surface area (Å²) in [6.45, 7) is 1.86. The average Bonchev–Trinajstić information content (AvgIpc) is 1.65. The summed E-state index contributed by atoms with van der Waals surface area (Å²) < 4.78 is 0. The van der Waals surface area contributed by atoms with Crippen molar-refractivity contribution in [2.45, 2.75) is 19.4 Å². The molecule has 0 spiro atoms. The topological polar surface area (TPSA) is 77.4 Å². The molecule has 0 radical (unpaired) electrons. The second-order valence-electron chi connectivity index (χ2n) is 1.92.